The van der Waals surface area contributed by atoms with E-state index in [0.717, 1.165) is 43.8 Å². The molecule has 1 aliphatic heterocycles. The number of nitrogens with one attached hydrogen (secondary N) is 1. The SMILES string of the molecule is O=C(N[C@@H](CN1CCOCC1)c1ccccc1)c1cc2cc(Cl)ccc2o1. The summed E-state index contributed by atoms with van der Waals surface area (Å²) in [6.07, 6.45) is 0. The van der Waals surface area contributed by atoms with Crippen LogP contribution in [-0.4, -0.2) is 43.7 Å². The van der Waals surface area contributed by atoms with Gasteiger partial charge < -0.3 is 14.5 Å². The summed E-state index contributed by atoms with van der Waals surface area (Å²) in [5, 5.41) is 4.56. The molecule has 2 aromatic carbocycles. The van der Waals surface area contributed by atoms with Crippen molar-refractivity contribution in [2.24, 2.45) is 0 Å². The van der Waals surface area contributed by atoms with Crippen LogP contribution < -0.4 is 5.32 Å². The molecular weight excluding hydrogens is 364 g/mol. The van der Waals surface area contributed by atoms with Gasteiger partial charge in [-0.25, -0.2) is 0 Å². The summed E-state index contributed by atoms with van der Waals surface area (Å²) in [7, 11) is 0. The van der Waals surface area contributed by atoms with E-state index in [2.05, 4.69) is 10.2 Å². The number of morpholine rings is 1. The molecule has 27 heavy (non-hydrogen) atoms. The number of fused-ring (bicyclic) bond motifs is 1. The Labute approximate surface area is 162 Å². The molecular formula is C21H21ClN2O3. The van der Waals surface area contributed by atoms with E-state index < -0.39 is 0 Å². The van der Waals surface area contributed by atoms with E-state index in [4.69, 9.17) is 20.8 Å². The zero-order chi connectivity index (χ0) is 18.6. The first-order valence-electron chi connectivity index (χ1n) is 9.04. The molecule has 0 saturated carbocycles. The fourth-order valence-corrected chi connectivity index (χ4v) is 3.50. The molecule has 3 aromatic rings. The second-order valence-corrected chi connectivity index (χ2v) is 7.08. The summed E-state index contributed by atoms with van der Waals surface area (Å²) in [6, 6.07) is 16.9. The molecule has 4 rings (SSSR count). The number of halogens is 1. The van der Waals surface area contributed by atoms with Crippen LogP contribution in [0.5, 0.6) is 0 Å². The molecule has 5 nitrogen and oxygen atoms in total. The third kappa shape index (κ3) is 4.33. The van der Waals surface area contributed by atoms with Crippen LogP contribution in [0, 0.1) is 0 Å². The van der Waals surface area contributed by atoms with E-state index in [1.165, 1.54) is 0 Å². The van der Waals surface area contributed by atoms with E-state index in [-0.39, 0.29) is 17.7 Å². The fourth-order valence-electron chi connectivity index (χ4n) is 3.32. The van der Waals surface area contributed by atoms with Gasteiger partial charge >= 0.3 is 0 Å². The number of carbonyl (C=O) groups is 1. The summed E-state index contributed by atoms with van der Waals surface area (Å²) in [5.41, 5.74) is 1.71. The molecule has 6 heteroatoms. The summed E-state index contributed by atoms with van der Waals surface area (Å²) < 4.78 is 11.1. The Morgan fingerprint density at radius 1 is 1.11 bits per heavy atom. The first-order valence-corrected chi connectivity index (χ1v) is 9.42. The van der Waals surface area contributed by atoms with Gasteiger partial charge in [0, 0.05) is 30.0 Å². The summed E-state index contributed by atoms with van der Waals surface area (Å²) in [4.78, 5) is 15.1. The average Bonchev–Trinajstić information content (AvgIpc) is 3.12. The Hall–Kier alpha value is -2.34. The molecule has 1 aliphatic rings. The molecule has 1 saturated heterocycles. The maximum atomic E-state index is 12.8. The lowest BCUT2D eigenvalue weighted by atomic mass is 10.1. The van der Waals surface area contributed by atoms with Crippen LogP contribution >= 0.6 is 11.6 Å². The highest BCUT2D eigenvalue weighted by Crippen LogP contribution is 2.24. The molecule has 0 radical (unpaired) electrons. The predicted molar refractivity (Wildman–Crippen MR) is 105 cm³/mol. The van der Waals surface area contributed by atoms with Crippen molar-refractivity contribution in [3.63, 3.8) is 0 Å². The van der Waals surface area contributed by atoms with Gasteiger partial charge in [-0.2, -0.15) is 0 Å². The Morgan fingerprint density at radius 2 is 1.89 bits per heavy atom. The maximum absolute atomic E-state index is 12.8. The van der Waals surface area contributed by atoms with Crippen molar-refractivity contribution in [1.82, 2.24) is 10.2 Å². The Bertz CT molecular complexity index is 920. The second kappa shape index (κ2) is 8.13. The van der Waals surface area contributed by atoms with Crippen molar-refractivity contribution in [1.29, 1.82) is 0 Å². The van der Waals surface area contributed by atoms with Gasteiger partial charge in [0.2, 0.25) is 0 Å². The molecule has 2 heterocycles. The van der Waals surface area contributed by atoms with Crippen LogP contribution in [0.3, 0.4) is 0 Å². The lowest BCUT2D eigenvalue weighted by molar-refractivity contribution is 0.0331. The monoisotopic (exact) mass is 384 g/mol. The van der Waals surface area contributed by atoms with Crippen LogP contribution in [0.2, 0.25) is 5.02 Å². The lowest BCUT2D eigenvalue weighted by Gasteiger charge is -2.31. The quantitative estimate of drug-likeness (QED) is 0.725. The molecule has 1 aromatic heterocycles. The van der Waals surface area contributed by atoms with E-state index in [9.17, 15) is 4.79 Å². The van der Waals surface area contributed by atoms with Gasteiger partial charge in [0.1, 0.15) is 5.58 Å². The number of hydrogen-bond acceptors (Lipinski definition) is 4. The van der Waals surface area contributed by atoms with E-state index in [1.807, 2.05) is 30.3 Å². The van der Waals surface area contributed by atoms with Gasteiger partial charge in [0.05, 0.1) is 19.3 Å². The third-order valence-corrected chi connectivity index (χ3v) is 4.99. The molecule has 1 atom stereocenters. The number of rotatable bonds is 5. The molecule has 1 amide bonds. The van der Waals surface area contributed by atoms with Gasteiger partial charge in [0.25, 0.3) is 5.91 Å². The minimum absolute atomic E-state index is 0.131. The van der Waals surface area contributed by atoms with Crippen molar-refractivity contribution in [2.75, 3.05) is 32.8 Å². The smallest absolute Gasteiger partial charge is 0.287 e. The standard InChI is InChI=1S/C21H21ClN2O3/c22-17-6-7-19-16(12-17)13-20(27-19)21(25)23-18(15-4-2-1-3-5-15)14-24-8-10-26-11-9-24/h1-7,12-13,18H,8-11,14H2,(H,23,25)/t18-/m0/s1. The van der Waals surface area contributed by atoms with Crippen molar-refractivity contribution in [2.45, 2.75) is 6.04 Å². The minimum Gasteiger partial charge on any atom is -0.451 e. The number of carbonyl (C=O) groups excluding carboxylic acids is 1. The van der Waals surface area contributed by atoms with Crippen LogP contribution in [-0.2, 0) is 4.74 Å². The van der Waals surface area contributed by atoms with Crippen LogP contribution in [0.25, 0.3) is 11.0 Å². The zero-order valence-electron chi connectivity index (χ0n) is 14.9. The van der Waals surface area contributed by atoms with E-state index in [1.54, 1.807) is 24.3 Å². The predicted octanol–water partition coefficient (Wildman–Crippen LogP) is 3.89. The normalized spacial score (nSPS) is 16.3. The number of furan rings is 1. The number of hydrogen-bond donors (Lipinski definition) is 1. The largest absolute Gasteiger partial charge is 0.451 e. The van der Waals surface area contributed by atoms with Gasteiger partial charge in [-0.1, -0.05) is 41.9 Å². The van der Waals surface area contributed by atoms with Crippen LogP contribution in [0.15, 0.2) is 59.0 Å². The van der Waals surface area contributed by atoms with E-state index >= 15 is 0 Å². The summed E-state index contributed by atoms with van der Waals surface area (Å²) in [6.45, 7) is 3.90. The highest BCUT2D eigenvalue weighted by molar-refractivity contribution is 6.31. The van der Waals surface area contributed by atoms with Crippen molar-refractivity contribution in [3.05, 3.63) is 70.9 Å². The molecule has 0 unspecified atom stereocenters. The van der Waals surface area contributed by atoms with Crippen molar-refractivity contribution in [3.8, 4) is 0 Å². The fraction of sp³-hybridized carbons (Fsp3) is 0.286. The number of nitrogens with zero attached hydrogens (tertiary/aromatic N) is 1. The molecule has 1 N–H and O–H groups in total. The van der Waals surface area contributed by atoms with E-state index in [0.29, 0.717) is 10.6 Å². The van der Waals surface area contributed by atoms with Gasteiger partial charge in [-0.3, -0.25) is 9.69 Å². The Balaban J connectivity index is 1.54. The van der Waals surface area contributed by atoms with Crippen LogP contribution in [0.1, 0.15) is 22.2 Å². The first-order chi connectivity index (χ1) is 13.2. The van der Waals surface area contributed by atoms with Gasteiger partial charge in [-0.15, -0.1) is 0 Å². The van der Waals surface area contributed by atoms with Crippen LogP contribution in [0.4, 0.5) is 0 Å². The molecule has 0 spiro atoms. The number of benzene rings is 2. The Morgan fingerprint density at radius 3 is 2.67 bits per heavy atom. The van der Waals surface area contributed by atoms with Gasteiger partial charge in [-0.05, 0) is 29.8 Å². The molecule has 0 aliphatic carbocycles. The topological polar surface area (TPSA) is 54.7 Å². The first kappa shape index (κ1) is 18.0. The average molecular weight is 385 g/mol. The van der Waals surface area contributed by atoms with Gasteiger partial charge in [0.15, 0.2) is 5.76 Å². The highest BCUT2D eigenvalue weighted by atomic mass is 35.5. The minimum atomic E-state index is -0.232. The molecule has 0 bridgehead atoms. The Kier molecular flexibility index (Phi) is 5.43. The summed E-state index contributed by atoms with van der Waals surface area (Å²) in [5.74, 6) is 0.0552. The number of ether oxygens (including phenoxy) is 1. The highest BCUT2D eigenvalue weighted by Gasteiger charge is 2.22. The second-order valence-electron chi connectivity index (χ2n) is 6.64. The van der Waals surface area contributed by atoms with Crippen molar-refractivity contribution >= 4 is 28.5 Å². The third-order valence-electron chi connectivity index (χ3n) is 4.75. The number of amides is 1. The lowest BCUT2D eigenvalue weighted by Crippen LogP contribution is -2.43. The zero-order valence-corrected chi connectivity index (χ0v) is 15.6. The molecule has 140 valence electrons. The molecule has 1 fully saturated rings. The maximum Gasteiger partial charge on any atom is 0.287 e. The van der Waals surface area contributed by atoms with Crippen molar-refractivity contribution < 1.29 is 13.9 Å². The summed E-state index contributed by atoms with van der Waals surface area (Å²) >= 11 is 6.02.